The van der Waals surface area contributed by atoms with Gasteiger partial charge in [0.05, 0.1) is 12.8 Å². The molecule has 1 aromatic carbocycles. The van der Waals surface area contributed by atoms with E-state index in [2.05, 4.69) is 10.4 Å². The number of methoxy groups -OCH3 is 1. The van der Waals surface area contributed by atoms with Gasteiger partial charge in [-0.05, 0) is 24.5 Å². The first kappa shape index (κ1) is 12.2. The van der Waals surface area contributed by atoms with Crippen molar-refractivity contribution in [3.8, 4) is 5.75 Å². The Hall–Kier alpha value is -1.26. The molecule has 1 fully saturated rings. The van der Waals surface area contributed by atoms with Gasteiger partial charge in [0.2, 0.25) is 0 Å². The maximum atomic E-state index is 6.03. The third-order valence-electron chi connectivity index (χ3n) is 3.23. The van der Waals surface area contributed by atoms with Gasteiger partial charge in [0.1, 0.15) is 5.75 Å². The lowest BCUT2D eigenvalue weighted by Gasteiger charge is -2.27. The van der Waals surface area contributed by atoms with Crippen molar-refractivity contribution >= 4 is 5.69 Å². The molecule has 2 rings (SSSR count). The number of rotatable bonds is 4. The molecule has 1 aliphatic heterocycles. The predicted octanol–water partition coefficient (Wildman–Crippen LogP) is 1.77. The third-order valence-corrected chi connectivity index (χ3v) is 3.23. The van der Waals surface area contributed by atoms with Crippen molar-refractivity contribution in [2.75, 3.05) is 25.9 Å². The molecule has 4 heteroatoms. The number of nitrogens with one attached hydrogen (secondary N) is 1. The van der Waals surface area contributed by atoms with E-state index in [-0.39, 0.29) is 0 Å². The Bertz CT molecular complexity index is 362. The molecular weight excluding hydrogens is 214 g/mol. The SMILES string of the molecule is COc1cccc(CNN2CCCCC2)c1N. The van der Waals surface area contributed by atoms with Crippen molar-refractivity contribution in [3.63, 3.8) is 0 Å². The smallest absolute Gasteiger partial charge is 0.142 e. The van der Waals surface area contributed by atoms with Crippen molar-refractivity contribution in [1.29, 1.82) is 0 Å². The largest absolute Gasteiger partial charge is 0.495 e. The summed E-state index contributed by atoms with van der Waals surface area (Å²) in [5, 5.41) is 2.28. The van der Waals surface area contributed by atoms with Gasteiger partial charge in [-0.15, -0.1) is 0 Å². The zero-order valence-corrected chi connectivity index (χ0v) is 10.4. The molecule has 17 heavy (non-hydrogen) atoms. The molecule has 3 N–H and O–H groups in total. The molecule has 94 valence electrons. The molecule has 0 aliphatic carbocycles. The molecule has 0 aromatic heterocycles. The fourth-order valence-corrected chi connectivity index (χ4v) is 2.17. The van der Waals surface area contributed by atoms with Crippen LogP contribution in [0.2, 0.25) is 0 Å². The number of hydrogen-bond donors (Lipinski definition) is 2. The third kappa shape index (κ3) is 3.11. The van der Waals surface area contributed by atoms with Crippen LogP contribution in [0, 0.1) is 0 Å². The first-order valence-corrected chi connectivity index (χ1v) is 6.21. The van der Waals surface area contributed by atoms with Gasteiger partial charge in [-0.1, -0.05) is 18.6 Å². The molecule has 0 bridgehead atoms. The fraction of sp³-hybridized carbons (Fsp3) is 0.538. The van der Waals surface area contributed by atoms with Gasteiger partial charge in [-0.2, -0.15) is 0 Å². The molecule has 1 heterocycles. The minimum Gasteiger partial charge on any atom is -0.495 e. The Morgan fingerprint density at radius 2 is 2.06 bits per heavy atom. The van der Waals surface area contributed by atoms with Crippen LogP contribution >= 0.6 is 0 Å². The van der Waals surface area contributed by atoms with E-state index in [1.54, 1.807) is 7.11 Å². The van der Waals surface area contributed by atoms with Gasteiger partial charge in [-0.3, -0.25) is 5.43 Å². The highest BCUT2D eigenvalue weighted by Gasteiger charge is 2.10. The summed E-state index contributed by atoms with van der Waals surface area (Å²) in [6, 6.07) is 5.90. The molecule has 0 radical (unpaired) electrons. The zero-order valence-electron chi connectivity index (χ0n) is 10.4. The quantitative estimate of drug-likeness (QED) is 0.781. The second-order valence-electron chi connectivity index (χ2n) is 4.42. The molecule has 0 saturated carbocycles. The van der Waals surface area contributed by atoms with Crippen LogP contribution < -0.4 is 15.9 Å². The minimum atomic E-state index is 0.736. The summed E-state index contributed by atoms with van der Waals surface area (Å²) in [4.78, 5) is 0. The van der Waals surface area contributed by atoms with Crippen LogP contribution in [-0.4, -0.2) is 25.2 Å². The number of benzene rings is 1. The van der Waals surface area contributed by atoms with Crippen LogP contribution in [0.25, 0.3) is 0 Å². The van der Waals surface area contributed by atoms with Crippen LogP contribution in [-0.2, 0) is 6.54 Å². The zero-order chi connectivity index (χ0) is 12.1. The van der Waals surface area contributed by atoms with Crippen LogP contribution in [0.15, 0.2) is 18.2 Å². The molecule has 0 unspecified atom stereocenters. The monoisotopic (exact) mass is 235 g/mol. The lowest BCUT2D eigenvalue weighted by atomic mass is 10.1. The Morgan fingerprint density at radius 3 is 2.76 bits per heavy atom. The number of nitrogen functional groups attached to an aromatic ring is 1. The Balaban J connectivity index is 1.93. The van der Waals surface area contributed by atoms with E-state index in [1.165, 1.54) is 19.3 Å². The molecule has 0 atom stereocenters. The van der Waals surface area contributed by atoms with Crippen LogP contribution in [0.1, 0.15) is 24.8 Å². The van der Waals surface area contributed by atoms with Crippen molar-refractivity contribution in [2.24, 2.45) is 0 Å². The molecular formula is C13H21N3O. The van der Waals surface area contributed by atoms with Crippen molar-refractivity contribution in [1.82, 2.24) is 10.4 Å². The normalized spacial score (nSPS) is 17.0. The summed E-state index contributed by atoms with van der Waals surface area (Å²) < 4.78 is 5.21. The van der Waals surface area contributed by atoms with Gasteiger partial charge in [-0.25, -0.2) is 5.01 Å². The lowest BCUT2D eigenvalue weighted by Crippen LogP contribution is -2.41. The fourth-order valence-electron chi connectivity index (χ4n) is 2.17. The molecule has 1 aliphatic rings. The van der Waals surface area contributed by atoms with E-state index in [4.69, 9.17) is 10.5 Å². The second kappa shape index (κ2) is 5.89. The first-order chi connectivity index (χ1) is 8.31. The summed E-state index contributed by atoms with van der Waals surface area (Å²) in [5.41, 5.74) is 11.3. The van der Waals surface area contributed by atoms with E-state index in [9.17, 15) is 0 Å². The highest BCUT2D eigenvalue weighted by atomic mass is 16.5. The van der Waals surface area contributed by atoms with E-state index < -0.39 is 0 Å². The maximum Gasteiger partial charge on any atom is 0.142 e. The van der Waals surface area contributed by atoms with Gasteiger partial charge < -0.3 is 10.5 Å². The molecule has 0 spiro atoms. The van der Waals surface area contributed by atoms with Crippen molar-refractivity contribution < 1.29 is 4.74 Å². The average molecular weight is 235 g/mol. The molecule has 4 nitrogen and oxygen atoms in total. The van der Waals surface area contributed by atoms with Crippen LogP contribution in [0.4, 0.5) is 5.69 Å². The average Bonchev–Trinajstić information content (AvgIpc) is 2.39. The first-order valence-electron chi connectivity index (χ1n) is 6.21. The minimum absolute atomic E-state index is 0.736. The Kier molecular flexibility index (Phi) is 4.23. The number of anilines is 1. The summed E-state index contributed by atoms with van der Waals surface area (Å²) in [6.07, 6.45) is 3.90. The van der Waals surface area contributed by atoms with E-state index in [1.807, 2.05) is 18.2 Å². The van der Waals surface area contributed by atoms with E-state index in [0.717, 1.165) is 36.6 Å². The number of ether oxygens (including phenoxy) is 1. The summed E-state index contributed by atoms with van der Waals surface area (Å²) in [6.45, 7) is 3.02. The standard InChI is InChI=1S/C13H21N3O/c1-17-12-7-5-6-11(13(12)14)10-15-16-8-3-2-4-9-16/h5-7,15H,2-4,8-10,14H2,1H3. The number of piperidine rings is 1. The van der Waals surface area contributed by atoms with Gasteiger partial charge in [0.25, 0.3) is 0 Å². The highest BCUT2D eigenvalue weighted by molar-refractivity contribution is 5.58. The maximum absolute atomic E-state index is 6.03. The Morgan fingerprint density at radius 1 is 1.29 bits per heavy atom. The van der Waals surface area contributed by atoms with Crippen molar-refractivity contribution in [3.05, 3.63) is 23.8 Å². The number of hydrogen-bond acceptors (Lipinski definition) is 4. The highest BCUT2D eigenvalue weighted by Crippen LogP contribution is 2.24. The summed E-state index contributed by atoms with van der Waals surface area (Å²) in [5.74, 6) is 0.753. The second-order valence-corrected chi connectivity index (χ2v) is 4.42. The molecule has 1 aromatic rings. The topological polar surface area (TPSA) is 50.5 Å². The molecule has 1 saturated heterocycles. The van der Waals surface area contributed by atoms with Crippen LogP contribution in [0.3, 0.4) is 0 Å². The predicted molar refractivity (Wildman–Crippen MR) is 69.7 cm³/mol. The Labute approximate surface area is 103 Å². The van der Waals surface area contributed by atoms with E-state index >= 15 is 0 Å². The van der Waals surface area contributed by atoms with Crippen LogP contribution in [0.5, 0.6) is 5.75 Å². The molecule has 0 amide bonds. The van der Waals surface area contributed by atoms with Gasteiger partial charge in [0.15, 0.2) is 0 Å². The lowest BCUT2D eigenvalue weighted by molar-refractivity contribution is 0.151. The number of nitrogens with zero attached hydrogens (tertiary/aromatic N) is 1. The number of para-hydroxylation sites is 1. The summed E-state index contributed by atoms with van der Waals surface area (Å²) >= 11 is 0. The van der Waals surface area contributed by atoms with Gasteiger partial charge in [0, 0.05) is 19.6 Å². The summed E-state index contributed by atoms with van der Waals surface area (Å²) in [7, 11) is 1.65. The van der Waals surface area contributed by atoms with E-state index in [0.29, 0.717) is 0 Å². The number of nitrogens with two attached hydrogens (primary N) is 1. The number of hydrazine groups is 1. The van der Waals surface area contributed by atoms with Crippen molar-refractivity contribution in [2.45, 2.75) is 25.8 Å². The van der Waals surface area contributed by atoms with Gasteiger partial charge >= 0.3 is 0 Å².